The number of likely N-dealkylation sites (N-methyl/N-ethyl adjacent to an activating group) is 1. The van der Waals surface area contributed by atoms with Crippen LogP contribution in [0.2, 0.25) is 0 Å². The highest BCUT2D eigenvalue weighted by Gasteiger charge is 2.34. The van der Waals surface area contributed by atoms with Crippen molar-refractivity contribution in [1.29, 1.82) is 0 Å². The van der Waals surface area contributed by atoms with Crippen LogP contribution in [-0.2, 0) is 0 Å². The monoisotopic (exact) mass is 373 g/mol. The van der Waals surface area contributed by atoms with E-state index in [4.69, 9.17) is 0 Å². The lowest BCUT2D eigenvalue weighted by molar-refractivity contribution is 0.0968. The molecule has 28 heavy (non-hydrogen) atoms. The molecule has 0 unspecified atom stereocenters. The smallest absolute Gasteiger partial charge is 0.232 e. The first-order valence-electron chi connectivity index (χ1n) is 9.33. The Morgan fingerprint density at radius 1 is 0.929 bits per heavy atom. The van der Waals surface area contributed by atoms with Gasteiger partial charge in [-0.15, -0.1) is 0 Å². The van der Waals surface area contributed by atoms with Gasteiger partial charge in [-0.05, 0) is 43.8 Å². The van der Waals surface area contributed by atoms with Crippen molar-refractivity contribution in [2.24, 2.45) is 0 Å². The zero-order chi connectivity index (χ0) is 19.4. The van der Waals surface area contributed by atoms with Gasteiger partial charge in [-0.25, -0.2) is 9.97 Å². The second-order valence-corrected chi connectivity index (χ2v) is 7.40. The van der Waals surface area contributed by atoms with Crippen LogP contribution in [0.25, 0.3) is 11.0 Å². The Balaban J connectivity index is 1.65. The van der Waals surface area contributed by atoms with Crippen LogP contribution in [0.3, 0.4) is 0 Å². The molecule has 3 heterocycles. The third-order valence-electron chi connectivity index (χ3n) is 5.51. The second-order valence-electron chi connectivity index (χ2n) is 7.40. The molecule has 7 heteroatoms. The zero-order valence-corrected chi connectivity index (χ0v) is 15.8. The number of anilines is 1. The Labute approximate surface area is 162 Å². The maximum Gasteiger partial charge on any atom is 0.232 e. The number of benzene rings is 1. The summed E-state index contributed by atoms with van der Waals surface area (Å²) in [5, 5.41) is 0. The quantitative estimate of drug-likeness (QED) is 0.504. The SMILES string of the molecule is Cc1cc(N2CCN(C)CC2)cc2nc3c(nc12)C(=O)c1cccnc1C3=O. The van der Waals surface area contributed by atoms with Crippen molar-refractivity contribution in [3.63, 3.8) is 0 Å². The van der Waals surface area contributed by atoms with Crippen LogP contribution in [-0.4, -0.2) is 64.6 Å². The molecular weight excluding hydrogens is 354 g/mol. The number of nitrogens with zero attached hydrogens (tertiary/aromatic N) is 5. The second kappa shape index (κ2) is 6.17. The lowest BCUT2D eigenvalue weighted by Gasteiger charge is -2.34. The normalized spacial score (nSPS) is 17.0. The van der Waals surface area contributed by atoms with E-state index < -0.39 is 0 Å². The Kier molecular flexibility index (Phi) is 3.73. The van der Waals surface area contributed by atoms with Gasteiger partial charge in [-0.2, -0.15) is 0 Å². The molecule has 0 saturated carbocycles. The molecule has 0 N–H and O–H groups in total. The third kappa shape index (κ3) is 2.51. The van der Waals surface area contributed by atoms with Crippen LogP contribution < -0.4 is 4.90 Å². The van der Waals surface area contributed by atoms with E-state index in [9.17, 15) is 9.59 Å². The van der Waals surface area contributed by atoms with Crippen molar-refractivity contribution in [3.05, 3.63) is 58.7 Å². The van der Waals surface area contributed by atoms with Gasteiger partial charge in [-0.1, -0.05) is 0 Å². The maximum absolute atomic E-state index is 12.9. The van der Waals surface area contributed by atoms with E-state index >= 15 is 0 Å². The van der Waals surface area contributed by atoms with E-state index in [1.165, 1.54) is 6.20 Å². The number of carbonyl (C=O) groups is 2. The highest BCUT2D eigenvalue weighted by atomic mass is 16.1. The summed E-state index contributed by atoms with van der Waals surface area (Å²) < 4.78 is 0. The number of aromatic nitrogens is 3. The van der Waals surface area contributed by atoms with Crippen molar-refractivity contribution < 1.29 is 9.59 Å². The lowest BCUT2D eigenvalue weighted by Crippen LogP contribution is -2.44. The molecule has 2 aliphatic rings. The van der Waals surface area contributed by atoms with Gasteiger partial charge < -0.3 is 9.80 Å². The molecule has 1 saturated heterocycles. The van der Waals surface area contributed by atoms with Gasteiger partial charge in [0, 0.05) is 38.1 Å². The first kappa shape index (κ1) is 16.9. The van der Waals surface area contributed by atoms with E-state index in [1.807, 2.05) is 13.0 Å². The summed E-state index contributed by atoms with van der Waals surface area (Å²) in [4.78, 5) is 43.6. The van der Waals surface area contributed by atoms with Crippen LogP contribution in [0.1, 0.15) is 37.8 Å². The van der Waals surface area contributed by atoms with Gasteiger partial charge in [0.25, 0.3) is 0 Å². The van der Waals surface area contributed by atoms with E-state index in [0.717, 1.165) is 37.4 Å². The Bertz CT molecular complexity index is 1150. The number of rotatable bonds is 1. The average molecular weight is 373 g/mol. The fourth-order valence-electron chi connectivity index (χ4n) is 3.88. The summed E-state index contributed by atoms with van der Waals surface area (Å²) in [5.41, 5.74) is 3.96. The highest BCUT2D eigenvalue weighted by molar-refractivity contribution is 6.26. The van der Waals surface area contributed by atoms with Crippen LogP contribution in [0.4, 0.5) is 5.69 Å². The third-order valence-corrected chi connectivity index (χ3v) is 5.51. The summed E-state index contributed by atoms with van der Waals surface area (Å²) >= 11 is 0. The first-order chi connectivity index (χ1) is 13.5. The minimum Gasteiger partial charge on any atom is -0.369 e. The topological polar surface area (TPSA) is 79.3 Å². The standard InChI is InChI=1S/C21H19N5O2/c1-12-10-13(26-8-6-25(2)7-9-26)11-15-16(12)24-18-19(23-15)21(28)17-14(20(18)27)4-3-5-22-17/h3-5,10-11H,6-9H2,1-2H3. The molecule has 1 aromatic carbocycles. The number of hydrogen-bond acceptors (Lipinski definition) is 7. The van der Waals surface area contributed by atoms with E-state index in [-0.39, 0.29) is 28.6 Å². The van der Waals surface area contributed by atoms with Gasteiger partial charge in [-0.3, -0.25) is 14.6 Å². The highest BCUT2D eigenvalue weighted by Crippen LogP contribution is 2.29. The zero-order valence-electron chi connectivity index (χ0n) is 15.8. The molecule has 1 aliphatic heterocycles. The summed E-state index contributed by atoms with van der Waals surface area (Å²) in [6.45, 7) is 5.85. The Morgan fingerprint density at radius 3 is 2.46 bits per heavy atom. The summed E-state index contributed by atoms with van der Waals surface area (Å²) in [7, 11) is 2.12. The fourth-order valence-corrected chi connectivity index (χ4v) is 3.88. The maximum atomic E-state index is 12.9. The molecule has 0 amide bonds. The van der Waals surface area contributed by atoms with E-state index in [0.29, 0.717) is 16.6 Å². The summed E-state index contributed by atoms with van der Waals surface area (Å²) in [6.07, 6.45) is 1.51. The van der Waals surface area contributed by atoms with Crippen molar-refractivity contribution in [3.8, 4) is 0 Å². The van der Waals surface area contributed by atoms with Crippen molar-refractivity contribution >= 4 is 28.3 Å². The summed E-state index contributed by atoms with van der Waals surface area (Å²) in [5.74, 6) is -0.642. The first-order valence-corrected chi connectivity index (χ1v) is 9.33. The molecular formula is C21H19N5O2. The molecule has 7 nitrogen and oxygen atoms in total. The van der Waals surface area contributed by atoms with Crippen molar-refractivity contribution in [2.75, 3.05) is 38.1 Å². The molecule has 0 atom stereocenters. The van der Waals surface area contributed by atoms with E-state index in [2.05, 4.69) is 37.9 Å². The summed E-state index contributed by atoms with van der Waals surface area (Å²) in [6, 6.07) is 7.31. The number of pyridine rings is 1. The number of aryl methyl sites for hydroxylation is 1. The predicted octanol–water partition coefficient (Wildman–Crippen LogP) is 1.86. The molecule has 0 spiro atoms. The minimum atomic E-state index is -0.345. The van der Waals surface area contributed by atoms with Gasteiger partial charge in [0.15, 0.2) is 0 Å². The molecule has 1 fully saturated rings. The van der Waals surface area contributed by atoms with Gasteiger partial charge in [0.1, 0.15) is 17.1 Å². The van der Waals surface area contributed by atoms with Crippen LogP contribution in [0, 0.1) is 6.92 Å². The van der Waals surface area contributed by atoms with Crippen molar-refractivity contribution in [1.82, 2.24) is 19.9 Å². The number of carbonyl (C=O) groups excluding carboxylic acids is 2. The molecule has 0 radical (unpaired) electrons. The van der Waals surface area contributed by atoms with Gasteiger partial charge in [0.05, 0.1) is 16.6 Å². The number of ketones is 2. The van der Waals surface area contributed by atoms with Crippen molar-refractivity contribution in [2.45, 2.75) is 6.92 Å². The van der Waals surface area contributed by atoms with Crippen LogP contribution in [0.5, 0.6) is 0 Å². The Hall–Kier alpha value is -3.19. The molecule has 140 valence electrons. The molecule has 3 aromatic rings. The molecule has 5 rings (SSSR count). The largest absolute Gasteiger partial charge is 0.369 e. The van der Waals surface area contributed by atoms with E-state index in [1.54, 1.807) is 12.1 Å². The fraction of sp³-hybridized carbons (Fsp3) is 0.286. The van der Waals surface area contributed by atoms with Gasteiger partial charge in [0.2, 0.25) is 11.6 Å². The minimum absolute atomic E-state index is 0.0960. The predicted molar refractivity (Wildman–Crippen MR) is 105 cm³/mol. The van der Waals surface area contributed by atoms with Crippen LogP contribution >= 0.6 is 0 Å². The molecule has 0 bridgehead atoms. The Morgan fingerprint density at radius 2 is 1.68 bits per heavy atom. The van der Waals surface area contributed by atoms with Gasteiger partial charge >= 0.3 is 0 Å². The number of fused-ring (bicyclic) bond motifs is 3. The lowest BCUT2D eigenvalue weighted by atomic mass is 9.93. The van der Waals surface area contributed by atoms with Crippen LogP contribution in [0.15, 0.2) is 30.5 Å². The molecule has 2 aromatic heterocycles. The average Bonchev–Trinajstić information content (AvgIpc) is 2.71. The molecule has 1 aliphatic carbocycles. The number of hydrogen-bond donors (Lipinski definition) is 0. The number of piperazine rings is 1.